The van der Waals surface area contributed by atoms with Gasteiger partial charge in [0, 0.05) is 6.04 Å². The first-order valence-corrected chi connectivity index (χ1v) is 10.5. The summed E-state index contributed by atoms with van der Waals surface area (Å²) in [4.78, 5) is 13.1. The van der Waals surface area contributed by atoms with Crippen molar-refractivity contribution in [2.24, 2.45) is 11.8 Å². The molecule has 2 aromatic heterocycles. The number of aromatic nitrogens is 4. The molecular weight excluding hydrogens is 370 g/mol. The SMILES string of the molecule is OC[C@H]1O[C@@H](n2cnc3c(NC4CC5CSCC4C5)ncnc32)[C@H](O)[C@@H]1O. The molecule has 3 fully saturated rings. The molecule has 5 rings (SSSR count). The van der Waals surface area contributed by atoms with Crippen LogP contribution in [-0.4, -0.2) is 77.3 Å². The minimum Gasteiger partial charge on any atom is -0.394 e. The number of hydrogen-bond acceptors (Lipinski definition) is 9. The molecule has 4 heterocycles. The van der Waals surface area contributed by atoms with Crippen molar-refractivity contribution in [3.05, 3.63) is 12.7 Å². The molecule has 1 saturated carbocycles. The molecule has 2 saturated heterocycles. The quantitative estimate of drug-likeness (QED) is 0.567. The Hall–Kier alpha value is -1.46. The highest BCUT2D eigenvalue weighted by Gasteiger charge is 2.44. The van der Waals surface area contributed by atoms with Crippen LogP contribution in [0, 0.1) is 11.8 Å². The number of nitrogens with one attached hydrogen (secondary N) is 1. The van der Waals surface area contributed by atoms with Crippen LogP contribution in [0.4, 0.5) is 5.82 Å². The fourth-order valence-corrected chi connectivity index (χ4v) is 5.97. The van der Waals surface area contributed by atoms with Crippen molar-refractivity contribution in [3.8, 4) is 0 Å². The normalized spacial score (nSPS) is 38.6. The fraction of sp³-hybridized carbons (Fsp3) is 0.706. The van der Waals surface area contributed by atoms with Crippen LogP contribution in [0.3, 0.4) is 0 Å². The zero-order chi connectivity index (χ0) is 18.5. The molecule has 1 aliphatic carbocycles. The summed E-state index contributed by atoms with van der Waals surface area (Å²) in [5, 5.41) is 33.2. The van der Waals surface area contributed by atoms with E-state index in [-0.39, 0.29) is 6.61 Å². The number of nitrogens with zero attached hydrogens (tertiary/aromatic N) is 4. The zero-order valence-electron chi connectivity index (χ0n) is 14.7. The van der Waals surface area contributed by atoms with Gasteiger partial charge in [0.1, 0.15) is 24.6 Å². The van der Waals surface area contributed by atoms with Gasteiger partial charge in [-0.3, -0.25) is 4.57 Å². The maximum Gasteiger partial charge on any atom is 0.167 e. The lowest BCUT2D eigenvalue weighted by molar-refractivity contribution is -0.0511. The van der Waals surface area contributed by atoms with Gasteiger partial charge in [-0.1, -0.05) is 0 Å². The van der Waals surface area contributed by atoms with Gasteiger partial charge < -0.3 is 25.4 Å². The van der Waals surface area contributed by atoms with E-state index < -0.39 is 24.5 Å². The Morgan fingerprint density at radius 2 is 2.07 bits per heavy atom. The monoisotopic (exact) mass is 393 g/mol. The Bertz CT molecular complexity index is 835. The van der Waals surface area contributed by atoms with Gasteiger partial charge in [0.05, 0.1) is 12.9 Å². The van der Waals surface area contributed by atoms with Crippen molar-refractivity contribution in [1.29, 1.82) is 0 Å². The predicted octanol–water partition coefficient (Wildman–Crippen LogP) is -0.00870. The van der Waals surface area contributed by atoms with E-state index in [9.17, 15) is 15.3 Å². The van der Waals surface area contributed by atoms with Gasteiger partial charge in [0.25, 0.3) is 0 Å². The van der Waals surface area contributed by atoms with Crippen molar-refractivity contribution >= 4 is 28.7 Å². The lowest BCUT2D eigenvalue weighted by Gasteiger charge is -2.22. The van der Waals surface area contributed by atoms with E-state index in [4.69, 9.17) is 4.74 Å². The third-order valence-corrected chi connectivity index (χ3v) is 7.32. The van der Waals surface area contributed by atoms with Crippen molar-refractivity contribution in [1.82, 2.24) is 19.5 Å². The molecule has 0 aromatic carbocycles. The summed E-state index contributed by atoms with van der Waals surface area (Å²) in [6, 6.07) is 0.391. The fourth-order valence-electron chi connectivity index (χ4n) is 4.55. The molecule has 27 heavy (non-hydrogen) atoms. The van der Waals surface area contributed by atoms with E-state index in [1.54, 1.807) is 4.57 Å². The molecule has 2 bridgehead atoms. The van der Waals surface area contributed by atoms with Gasteiger partial charge >= 0.3 is 0 Å². The molecule has 0 spiro atoms. The molecule has 9 nitrogen and oxygen atoms in total. The summed E-state index contributed by atoms with van der Waals surface area (Å²) in [5.41, 5.74) is 1.14. The number of imidazole rings is 1. The smallest absolute Gasteiger partial charge is 0.167 e. The largest absolute Gasteiger partial charge is 0.394 e. The Labute approximate surface area is 160 Å². The van der Waals surface area contributed by atoms with Gasteiger partial charge in [-0.2, -0.15) is 11.8 Å². The molecule has 2 aliphatic heterocycles. The highest BCUT2D eigenvalue weighted by Crippen LogP contribution is 2.42. The van der Waals surface area contributed by atoms with Crippen molar-refractivity contribution in [2.45, 2.75) is 43.4 Å². The van der Waals surface area contributed by atoms with Crippen LogP contribution in [-0.2, 0) is 4.74 Å². The Morgan fingerprint density at radius 1 is 1.19 bits per heavy atom. The van der Waals surface area contributed by atoms with Crippen molar-refractivity contribution < 1.29 is 20.1 Å². The average molecular weight is 393 g/mol. The first kappa shape index (κ1) is 17.6. The van der Waals surface area contributed by atoms with Gasteiger partial charge in [-0.05, 0) is 36.2 Å². The molecular formula is C17H23N5O4S. The highest BCUT2D eigenvalue weighted by molar-refractivity contribution is 7.99. The van der Waals surface area contributed by atoms with E-state index >= 15 is 0 Å². The topological polar surface area (TPSA) is 126 Å². The van der Waals surface area contributed by atoms with Crippen LogP contribution in [0.1, 0.15) is 19.1 Å². The second kappa shape index (κ2) is 6.85. The van der Waals surface area contributed by atoms with Crippen LogP contribution in [0.2, 0.25) is 0 Å². The van der Waals surface area contributed by atoms with E-state index in [0.29, 0.717) is 28.9 Å². The summed E-state index contributed by atoms with van der Waals surface area (Å²) >= 11 is 2.03. The number of ether oxygens (including phenoxy) is 1. The van der Waals surface area contributed by atoms with Crippen LogP contribution >= 0.6 is 11.8 Å². The minimum absolute atomic E-state index is 0.370. The third kappa shape index (κ3) is 2.90. The number of aliphatic hydroxyl groups excluding tert-OH is 3. The highest BCUT2D eigenvalue weighted by atomic mass is 32.2. The third-order valence-electron chi connectivity index (χ3n) is 5.95. The summed E-state index contributed by atoms with van der Waals surface area (Å²) in [5.74, 6) is 4.54. The standard InChI is InChI=1S/C17H23N5O4S/c23-3-11-13(24)14(25)17(26-11)22-7-20-12-15(18-6-19-16(12)22)21-10-2-8-1-9(10)5-27-4-8/h6-11,13-14,17,23-25H,1-5H2,(H,18,19,21)/t8?,9?,10?,11-,13-,14-,17-/m1/s1. The molecule has 7 atom stereocenters. The molecule has 2 aromatic rings. The molecule has 3 unspecified atom stereocenters. The molecule has 0 amide bonds. The molecule has 4 N–H and O–H groups in total. The first-order valence-electron chi connectivity index (χ1n) is 9.30. The van der Waals surface area contributed by atoms with Crippen molar-refractivity contribution in [2.75, 3.05) is 23.4 Å². The van der Waals surface area contributed by atoms with E-state index in [1.165, 1.54) is 30.6 Å². The second-order valence-electron chi connectivity index (χ2n) is 7.66. The van der Waals surface area contributed by atoms with Gasteiger partial charge in [-0.15, -0.1) is 0 Å². The minimum atomic E-state index is -1.17. The molecule has 0 radical (unpaired) electrons. The van der Waals surface area contributed by atoms with Crippen LogP contribution in [0.25, 0.3) is 11.2 Å². The number of rotatable bonds is 4. The van der Waals surface area contributed by atoms with Crippen molar-refractivity contribution in [3.63, 3.8) is 0 Å². The Balaban J connectivity index is 1.43. The summed E-state index contributed by atoms with van der Waals surface area (Å²) in [6.07, 6.45) is 1.41. The van der Waals surface area contributed by atoms with Crippen LogP contribution in [0.15, 0.2) is 12.7 Å². The van der Waals surface area contributed by atoms with Gasteiger partial charge in [-0.25, -0.2) is 15.0 Å². The number of thioether (sulfide) groups is 1. The van der Waals surface area contributed by atoms with Crippen LogP contribution < -0.4 is 5.32 Å². The summed E-state index contributed by atoms with van der Waals surface area (Å²) < 4.78 is 7.20. The number of aliphatic hydroxyl groups is 3. The number of fused-ring (bicyclic) bond motifs is 3. The van der Waals surface area contributed by atoms with Crippen LogP contribution in [0.5, 0.6) is 0 Å². The second-order valence-corrected chi connectivity index (χ2v) is 8.74. The zero-order valence-corrected chi connectivity index (χ0v) is 15.5. The van der Waals surface area contributed by atoms with Gasteiger partial charge in [0.2, 0.25) is 0 Å². The molecule has 146 valence electrons. The average Bonchev–Trinajstić information content (AvgIpc) is 3.31. The predicted molar refractivity (Wildman–Crippen MR) is 99.3 cm³/mol. The molecule has 10 heteroatoms. The maximum absolute atomic E-state index is 10.3. The lowest BCUT2D eigenvalue weighted by Crippen LogP contribution is -2.33. The Morgan fingerprint density at radius 3 is 2.85 bits per heavy atom. The van der Waals surface area contributed by atoms with Gasteiger partial charge in [0.15, 0.2) is 23.2 Å². The first-order chi connectivity index (χ1) is 13.2. The Kier molecular flexibility index (Phi) is 4.47. The summed E-state index contributed by atoms with van der Waals surface area (Å²) in [7, 11) is 0. The molecule has 3 aliphatic rings. The summed E-state index contributed by atoms with van der Waals surface area (Å²) in [6.45, 7) is -0.370. The van der Waals surface area contributed by atoms with E-state index in [0.717, 1.165) is 12.3 Å². The van der Waals surface area contributed by atoms with E-state index in [2.05, 4.69) is 20.3 Å². The number of hydrogen-bond donors (Lipinski definition) is 4. The van der Waals surface area contributed by atoms with E-state index in [1.807, 2.05) is 11.8 Å². The maximum atomic E-state index is 10.3. The lowest BCUT2D eigenvalue weighted by atomic mass is 10.1. The number of anilines is 1.